The van der Waals surface area contributed by atoms with Crippen LogP contribution in [0.2, 0.25) is 0 Å². The summed E-state index contributed by atoms with van der Waals surface area (Å²) in [5, 5.41) is 0. The summed E-state index contributed by atoms with van der Waals surface area (Å²) < 4.78 is 28.4. The lowest BCUT2D eigenvalue weighted by Gasteiger charge is -2.36. The Labute approximate surface area is 121 Å². The van der Waals surface area contributed by atoms with E-state index in [-0.39, 0.29) is 4.75 Å². The third-order valence-corrected chi connectivity index (χ3v) is 6.79. The number of nitrogens with one attached hydrogen (secondary N) is 1. The highest BCUT2D eigenvalue weighted by atomic mass is 32.2. The largest absolute Gasteiger partial charge is 0.330 e. The van der Waals surface area contributed by atoms with Gasteiger partial charge in [0.05, 0.1) is 0 Å². The number of rotatable bonds is 8. The van der Waals surface area contributed by atoms with Gasteiger partial charge in [0.25, 0.3) is 10.2 Å². The molecule has 0 saturated heterocycles. The lowest BCUT2D eigenvalue weighted by atomic mass is 9.88. The predicted octanol–water partition coefficient (Wildman–Crippen LogP) is 1.17. The predicted molar refractivity (Wildman–Crippen MR) is 82.6 cm³/mol. The van der Waals surface area contributed by atoms with Crippen LogP contribution in [-0.2, 0) is 10.2 Å². The third kappa shape index (κ3) is 5.23. The minimum atomic E-state index is -3.37. The first kappa shape index (κ1) is 17.2. The van der Waals surface area contributed by atoms with Crippen LogP contribution in [0, 0.1) is 0 Å². The molecule has 1 aliphatic carbocycles. The minimum Gasteiger partial charge on any atom is -0.330 e. The van der Waals surface area contributed by atoms with Gasteiger partial charge in [0.1, 0.15) is 0 Å². The smallest absolute Gasteiger partial charge is 0.279 e. The molecule has 3 N–H and O–H groups in total. The Balaban J connectivity index is 2.53. The molecule has 0 atom stereocenters. The number of thioether (sulfide) groups is 1. The van der Waals surface area contributed by atoms with Gasteiger partial charge in [0.2, 0.25) is 0 Å². The Hall–Kier alpha value is 0.180. The molecular formula is C12H27N3O2S2. The molecule has 0 heterocycles. The van der Waals surface area contributed by atoms with Crippen molar-refractivity contribution in [2.24, 2.45) is 5.73 Å². The zero-order valence-corrected chi connectivity index (χ0v) is 13.7. The summed E-state index contributed by atoms with van der Waals surface area (Å²) in [5.74, 6) is 0. The highest BCUT2D eigenvalue weighted by Crippen LogP contribution is 2.38. The molecule has 7 heteroatoms. The average molecular weight is 310 g/mol. The molecule has 0 spiro atoms. The lowest BCUT2D eigenvalue weighted by molar-refractivity contribution is 0.387. The van der Waals surface area contributed by atoms with E-state index in [2.05, 4.69) is 11.0 Å². The van der Waals surface area contributed by atoms with Crippen molar-refractivity contribution >= 4 is 22.0 Å². The van der Waals surface area contributed by atoms with Crippen LogP contribution in [0.1, 0.15) is 38.5 Å². The van der Waals surface area contributed by atoms with E-state index < -0.39 is 10.2 Å². The molecule has 1 aliphatic rings. The van der Waals surface area contributed by atoms with Crippen molar-refractivity contribution in [1.29, 1.82) is 0 Å². The van der Waals surface area contributed by atoms with Crippen molar-refractivity contribution in [2.45, 2.75) is 43.3 Å². The zero-order chi connectivity index (χ0) is 14.4. The molecular weight excluding hydrogens is 282 g/mol. The van der Waals surface area contributed by atoms with Crippen LogP contribution in [0.5, 0.6) is 0 Å². The fourth-order valence-corrected chi connectivity index (χ4v) is 4.47. The van der Waals surface area contributed by atoms with Gasteiger partial charge in [-0.3, -0.25) is 0 Å². The van der Waals surface area contributed by atoms with Crippen LogP contribution >= 0.6 is 11.8 Å². The fraction of sp³-hybridized carbons (Fsp3) is 1.00. The van der Waals surface area contributed by atoms with Crippen LogP contribution in [0.25, 0.3) is 0 Å². The Morgan fingerprint density at radius 1 is 1.32 bits per heavy atom. The number of hydrogen-bond donors (Lipinski definition) is 2. The number of nitrogens with zero attached hydrogens (tertiary/aromatic N) is 1. The number of nitrogens with two attached hydrogens (primary N) is 1. The molecule has 0 aromatic carbocycles. The van der Waals surface area contributed by atoms with E-state index in [4.69, 9.17) is 5.73 Å². The summed E-state index contributed by atoms with van der Waals surface area (Å²) in [6.07, 6.45) is 8.64. The molecule has 5 nitrogen and oxygen atoms in total. The first-order valence-corrected chi connectivity index (χ1v) is 9.58. The van der Waals surface area contributed by atoms with Gasteiger partial charge in [0.15, 0.2) is 0 Å². The molecule has 0 amide bonds. The maximum atomic E-state index is 12.1. The molecule has 0 radical (unpaired) electrons. The topological polar surface area (TPSA) is 75.4 Å². The number of hydrogen-bond acceptors (Lipinski definition) is 4. The highest BCUT2D eigenvalue weighted by Gasteiger charge is 2.32. The molecule has 1 fully saturated rings. The molecule has 0 unspecified atom stereocenters. The van der Waals surface area contributed by atoms with Crippen molar-refractivity contribution in [1.82, 2.24) is 9.03 Å². The molecule has 114 valence electrons. The maximum absolute atomic E-state index is 12.1. The van der Waals surface area contributed by atoms with Gasteiger partial charge in [-0.25, -0.2) is 4.72 Å². The summed E-state index contributed by atoms with van der Waals surface area (Å²) in [6.45, 7) is 1.51. The van der Waals surface area contributed by atoms with Crippen molar-refractivity contribution in [3.05, 3.63) is 0 Å². The van der Waals surface area contributed by atoms with E-state index >= 15 is 0 Å². The van der Waals surface area contributed by atoms with Gasteiger partial charge < -0.3 is 5.73 Å². The average Bonchev–Trinajstić information content (AvgIpc) is 2.43. The highest BCUT2D eigenvalue weighted by molar-refractivity contribution is 8.00. The van der Waals surface area contributed by atoms with Crippen molar-refractivity contribution < 1.29 is 8.42 Å². The second-order valence-corrected chi connectivity index (χ2v) is 8.37. The summed E-state index contributed by atoms with van der Waals surface area (Å²) >= 11 is 1.80. The van der Waals surface area contributed by atoms with Gasteiger partial charge in [0, 0.05) is 24.9 Å². The lowest BCUT2D eigenvalue weighted by Crippen LogP contribution is -2.46. The maximum Gasteiger partial charge on any atom is 0.279 e. The van der Waals surface area contributed by atoms with Crippen LogP contribution in [0.4, 0.5) is 0 Å². The molecule has 0 aromatic heterocycles. The molecule has 0 aromatic rings. The monoisotopic (exact) mass is 309 g/mol. The van der Waals surface area contributed by atoms with Crippen LogP contribution in [0.3, 0.4) is 0 Å². The normalized spacial score (nSPS) is 19.8. The fourth-order valence-electron chi connectivity index (χ4n) is 2.42. The Morgan fingerprint density at radius 2 is 1.95 bits per heavy atom. The molecule has 0 aliphatic heterocycles. The summed E-state index contributed by atoms with van der Waals surface area (Å²) in [5.41, 5.74) is 5.41. The van der Waals surface area contributed by atoms with Gasteiger partial charge >= 0.3 is 0 Å². The van der Waals surface area contributed by atoms with Gasteiger partial charge in [-0.15, -0.1) is 0 Å². The van der Waals surface area contributed by atoms with E-state index in [9.17, 15) is 8.42 Å². The van der Waals surface area contributed by atoms with Gasteiger partial charge in [-0.2, -0.15) is 24.5 Å². The SMILES string of the molecule is CSC1(CNS(=O)(=O)N(C)CCCN)CCCCC1. The molecule has 1 rings (SSSR count). The first-order valence-electron chi connectivity index (χ1n) is 6.92. The van der Waals surface area contributed by atoms with Crippen LogP contribution in [-0.4, -0.2) is 50.4 Å². The second-order valence-electron chi connectivity index (χ2n) is 5.24. The van der Waals surface area contributed by atoms with Crippen molar-refractivity contribution in [3.8, 4) is 0 Å². The van der Waals surface area contributed by atoms with Gasteiger partial charge in [-0.1, -0.05) is 19.3 Å². The minimum absolute atomic E-state index is 0.0834. The van der Waals surface area contributed by atoms with Crippen molar-refractivity contribution in [2.75, 3.05) is 32.9 Å². The van der Waals surface area contributed by atoms with E-state index in [0.717, 1.165) is 12.8 Å². The standard InChI is InChI=1S/C12H27N3O2S2/c1-15(10-6-9-13)19(16,17)14-11-12(18-2)7-4-3-5-8-12/h14H,3-11,13H2,1-2H3. The van der Waals surface area contributed by atoms with Crippen LogP contribution < -0.4 is 10.5 Å². The van der Waals surface area contributed by atoms with E-state index in [1.165, 1.54) is 23.6 Å². The zero-order valence-electron chi connectivity index (χ0n) is 12.0. The Morgan fingerprint density at radius 3 is 2.47 bits per heavy atom. The molecule has 1 saturated carbocycles. The van der Waals surface area contributed by atoms with E-state index in [1.54, 1.807) is 18.8 Å². The molecule has 0 bridgehead atoms. The second kappa shape index (κ2) is 7.83. The third-order valence-electron chi connectivity index (χ3n) is 3.86. The quantitative estimate of drug-likeness (QED) is 0.706. The Bertz CT molecular complexity index is 354. The van der Waals surface area contributed by atoms with E-state index in [0.29, 0.717) is 26.1 Å². The van der Waals surface area contributed by atoms with E-state index in [1.807, 2.05) is 0 Å². The van der Waals surface area contributed by atoms with Gasteiger partial charge in [-0.05, 0) is 32.1 Å². The Kier molecular flexibility index (Phi) is 7.10. The summed E-state index contributed by atoms with van der Waals surface area (Å²) in [4.78, 5) is 0. The molecule has 19 heavy (non-hydrogen) atoms. The van der Waals surface area contributed by atoms with Crippen LogP contribution in [0.15, 0.2) is 0 Å². The summed E-state index contributed by atoms with van der Waals surface area (Å²) in [7, 11) is -1.76. The summed E-state index contributed by atoms with van der Waals surface area (Å²) in [6, 6.07) is 0. The van der Waals surface area contributed by atoms with Crippen molar-refractivity contribution in [3.63, 3.8) is 0 Å². The first-order chi connectivity index (χ1) is 8.96.